The van der Waals surface area contributed by atoms with E-state index >= 15 is 0 Å². The van der Waals surface area contributed by atoms with Crippen LogP contribution in [0.4, 0.5) is 8.78 Å². The zero-order valence-electron chi connectivity index (χ0n) is 11.9. The Hall–Kier alpha value is -1.50. The van der Waals surface area contributed by atoms with Gasteiger partial charge >= 0.3 is 0 Å². The molecule has 1 unspecified atom stereocenters. The minimum Gasteiger partial charge on any atom is -0.394 e. The van der Waals surface area contributed by atoms with Gasteiger partial charge in [0.05, 0.1) is 18.2 Å². The van der Waals surface area contributed by atoms with Crippen LogP contribution in [0.2, 0.25) is 0 Å². The molecule has 0 aromatic carbocycles. The first-order valence-electron chi connectivity index (χ1n) is 6.66. The van der Waals surface area contributed by atoms with Gasteiger partial charge in [-0.3, -0.25) is 9.48 Å². The Morgan fingerprint density at radius 3 is 2.60 bits per heavy atom. The first-order chi connectivity index (χ1) is 9.38. The van der Waals surface area contributed by atoms with Crippen LogP contribution in [0.5, 0.6) is 0 Å². The fraction of sp³-hybridized carbons (Fsp3) is 0.692. The van der Waals surface area contributed by atoms with E-state index in [1.165, 1.54) is 10.9 Å². The number of aliphatic hydroxyl groups excluding tert-OH is 1. The van der Waals surface area contributed by atoms with Crippen LogP contribution in [-0.2, 0) is 6.54 Å². The predicted octanol–water partition coefficient (Wildman–Crippen LogP) is 1.98. The summed E-state index contributed by atoms with van der Waals surface area (Å²) < 4.78 is 27.3. The van der Waals surface area contributed by atoms with Crippen molar-refractivity contribution in [2.45, 2.75) is 46.2 Å². The molecule has 5 nitrogen and oxygen atoms in total. The zero-order chi connectivity index (χ0) is 15.3. The van der Waals surface area contributed by atoms with Gasteiger partial charge in [0, 0.05) is 12.7 Å². The lowest BCUT2D eigenvalue weighted by atomic mass is 10.2. The molecule has 2 N–H and O–H groups in total. The van der Waals surface area contributed by atoms with Gasteiger partial charge in [0.2, 0.25) is 0 Å². The topological polar surface area (TPSA) is 67.2 Å². The van der Waals surface area contributed by atoms with Crippen molar-refractivity contribution in [3.63, 3.8) is 0 Å². The van der Waals surface area contributed by atoms with Gasteiger partial charge in [-0.15, -0.1) is 0 Å². The van der Waals surface area contributed by atoms with Gasteiger partial charge in [0.1, 0.15) is 0 Å². The third-order valence-electron chi connectivity index (χ3n) is 2.84. The molecule has 0 bridgehead atoms. The van der Waals surface area contributed by atoms with Crippen molar-refractivity contribution in [1.82, 2.24) is 15.1 Å². The predicted molar refractivity (Wildman–Crippen MR) is 70.7 cm³/mol. The largest absolute Gasteiger partial charge is 0.394 e. The van der Waals surface area contributed by atoms with Crippen molar-refractivity contribution in [3.8, 4) is 0 Å². The Bertz CT molecular complexity index is 443. The van der Waals surface area contributed by atoms with Gasteiger partial charge in [0.15, 0.2) is 5.69 Å². The minimum atomic E-state index is -2.76. The first-order valence-corrected chi connectivity index (χ1v) is 6.66. The number of rotatable bonds is 7. The van der Waals surface area contributed by atoms with Crippen molar-refractivity contribution in [2.24, 2.45) is 5.92 Å². The number of amides is 1. The summed E-state index contributed by atoms with van der Waals surface area (Å²) >= 11 is 0. The van der Waals surface area contributed by atoms with Crippen LogP contribution < -0.4 is 5.32 Å². The maximum Gasteiger partial charge on any atom is 0.272 e. The third kappa shape index (κ3) is 4.26. The molecule has 114 valence electrons. The number of nitrogens with zero attached hydrogens (tertiary/aromatic N) is 2. The second-order valence-electron chi connectivity index (χ2n) is 5.11. The summed E-state index contributed by atoms with van der Waals surface area (Å²) in [6.45, 7) is 5.88. The molecular formula is C13H21F2N3O2. The van der Waals surface area contributed by atoms with E-state index in [0.717, 1.165) is 0 Å². The van der Waals surface area contributed by atoms with Crippen LogP contribution in [0.15, 0.2) is 6.20 Å². The molecule has 7 heteroatoms. The zero-order valence-corrected chi connectivity index (χ0v) is 11.9. The highest BCUT2D eigenvalue weighted by Crippen LogP contribution is 2.22. The van der Waals surface area contributed by atoms with Crippen LogP contribution in [0.3, 0.4) is 0 Å². The molecule has 20 heavy (non-hydrogen) atoms. The first kappa shape index (κ1) is 16.6. The number of aromatic nitrogens is 2. The lowest BCUT2D eigenvalue weighted by molar-refractivity contribution is 0.0896. The Morgan fingerprint density at radius 1 is 1.50 bits per heavy atom. The molecular weight excluding hydrogens is 268 g/mol. The van der Waals surface area contributed by atoms with Gasteiger partial charge < -0.3 is 10.4 Å². The summed E-state index contributed by atoms with van der Waals surface area (Å²) in [7, 11) is 0. The number of hydrogen-bond acceptors (Lipinski definition) is 3. The molecule has 0 saturated carbocycles. The van der Waals surface area contributed by atoms with E-state index in [2.05, 4.69) is 10.4 Å². The molecule has 1 heterocycles. The number of carbonyl (C=O) groups excluding carboxylic acids is 1. The number of aliphatic hydroxyl groups is 1. The highest BCUT2D eigenvalue weighted by atomic mass is 19.3. The molecule has 0 spiro atoms. The molecule has 1 aromatic rings. The van der Waals surface area contributed by atoms with Gasteiger partial charge in [-0.05, 0) is 12.3 Å². The van der Waals surface area contributed by atoms with Crippen LogP contribution >= 0.6 is 0 Å². The van der Waals surface area contributed by atoms with Crippen molar-refractivity contribution in [1.29, 1.82) is 0 Å². The minimum absolute atomic E-state index is 0.233. The molecule has 0 fully saturated rings. The van der Waals surface area contributed by atoms with Crippen LogP contribution in [0.1, 0.15) is 49.7 Å². The number of halogens is 2. The summed E-state index contributed by atoms with van der Waals surface area (Å²) in [4.78, 5) is 12.0. The van der Waals surface area contributed by atoms with Gasteiger partial charge in [-0.1, -0.05) is 20.8 Å². The fourth-order valence-electron chi connectivity index (χ4n) is 1.77. The van der Waals surface area contributed by atoms with E-state index in [-0.39, 0.29) is 23.8 Å². The molecule has 0 aliphatic carbocycles. The van der Waals surface area contributed by atoms with E-state index < -0.39 is 18.4 Å². The smallest absolute Gasteiger partial charge is 0.272 e. The average Bonchev–Trinajstić information content (AvgIpc) is 2.78. The number of hydrogen-bond donors (Lipinski definition) is 2. The SMILES string of the molecule is CCC(CO)NC(=O)c1nn(CC(C)C)cc1C(F)F. The Balaban J connectivity index is 2.96. The average molecular weight is 289 g/mol. The normalized spacial score (nSPS) is 13.0. The van der Waals surface area contributed by atoms with Crippen molar-refractivity contribution < 1.29 is 18.7 Å². The Labute approximate surface area is 117 Å². The molecule has 0 radical (unpaired) electrons. The molecule has 1 rings (SSSR count). The highest BCUT2D eigenvalue weighted by Gasteiger charge is 2.24. The molecule has 0 aliphatic heterocycles. The fourth-order valence-corrected chi connectivity index (χ4v) is 1.77. The monoisotopic (exact) mass is 289 g/mol. The van der Waals surface area contributed by atoms with Gasteiger partial charge in [-0.25, -0.2) is 8.78 Å². The van der Waals surface area contributed by atoms with E-state index in [9.17, 15) is 13.6 Å². The summed E-state index contributed by atoms with van der Waals surface area (Å²) in [6.07, 6.45) is -1.04. The van der Waals surface area contributed by atoms with E-state index in [4.69, 9.17) is 5.11 Å². The van der Waals surface area contributed by atoms with E-state index in [1.54, 1.807) is 6.92 Å². The Kier molecular flexibility index (Phi) is 6.06. The summed E-state index contributed by atoms with van der Waals surface area (Å²) in [5.74, 6) is -0.444. The van der Waals surface area contributed by atoms with E-state index in [0.29, 0.717) is 13.0 Å². The van der Waals surface area contributed by atoms with Crippen LogP contribution in [-0.4, -0.2) is 33.4 Å². The van der Waals surface area contributed by atoms with Gasteiger partial charge in [-0.2, -0.15) is 5.10 Å². The van der Waals surface area contributed by atoms with E-state index in [1.807, 2.05) is 13.8 Å². The summed E-state index contributed by atoms with van der Waals surface area (Å²) in [5.41, 5.74) is -0.650. The van der Waals surface area contributed by atoms with Crippen LogP contribution in [0.25, 0.3) is 0 Å². The molecule has 0 aliphatic rings. The summed E-state index contributed by atoms with van der Waals surface area (Å²) in [5, 5.41) is 15.5. The lowest BCUT2D eigenvalue weighted by Crippen LogP contribution is -2.37. The molecule has 1 atom stereocenters. The second kappa shape index (κ2) is 7.33. The third-order valence-corrected chi connectivity index (χ3v) is 2.84. The maximum atomic E-state index is 13.0. The molecule has 1 amide bonds. The number of alkyl halides is 2. The Morgan fingerprint density at radius 2 is 2.15 bits per heavy atom. The molecule has 1 aromatic heterocycles. The van der Waals surface area contributed by atoms with Crippen molar-refractivity contribution in [2.75, 3.05) is 6.61 Å². The van der Waals surface area contributed by atoms with Crippen molar-refractivity contribution >= 4 is 5.91 Å². The molecule has 0 saturated heterocycles. The maximum absolute atomic E-state index is 13.0. The van der Waals surface area contributed by atoms with Crippen molar-refractivity contribution in [3.05, 3.63) is 17.5 Å². The van der Waals surface area contributed by atoms with Gasteiger partial charge in [0.25, 0.3) is 12.3 Å². The number of carbonyl (C=O) groups is 1. The standard InChI is InChI=1S/C13H21F2N3O2/c1-4-9(7-19)16-13(20)11-10(12(14)15)6-18(17-11)5-8(2)3/h6,8-9,12,19H,4-5,7H2,1-3H3,(H,16,20). The summed E-state index contributed by atoms with van der Waals surface area (Å²) in [6, 6.07) is -0.455. The lowest BCUT2D eigenvalue weighted by Gasteiger charge is -2.13. The van der Waals surface area contributed by atoms with Crippen LogP contribution in [0, 0.1) is 5.92 Å². The number of nitrogens with one attached hydrogen (secondary N) is 1. The highest BCUT2D eigenvalue weighted by molar-refractivity contribution is 5.93. The second-order valence-corrected chi connectivity index (χ2v) is 5.11. The quantitative estimate of drug-likeness (QED) is 0.806.